The summed E-state index contributed by atoms with van der Waals surface area (Å²) in [6.07, 6.45) is 2.64. The Kier molecular flexibility index (Phi) is 3.55. The van der Waals surface area contributed by atoms with Crippen LogP contribution in [-0.2, 0) is 0 Å². The molecule has 0 amide bonds. The third kappa shape index (κ3) is 2.41. The molecule has 0 bridgehead atoms. The van der Waals surface area contributed by atoms with Gasteiger partial charge in [-0.15, -0.1) is 0 Å². The van der Waals surface area contributed by atoms with Crippen molar-refractivity contribution in [1.82, 2.24) is 0 Å². The Morgan fingerprint density at radius 1 is 1.50 bits per heavy atom. The fourth-order valence-electron chi connectivity index (χ4n) is 2.16. The van der Waals surface area contributed by atoms with Crippen LogP contribution in [0.15, 0.2) is 22.7 Å². The Bertz CT molecular complexity index is 372. The molecule has 0 spiro atoms. The Labute approximate surface area is 106 Å². The number of hydrogen-bond acceptors (Lipinski definition) is 2. The zero-order chi connectivity index (χ0) is 11.7. The van der Waals surface area contributed by atoms with Gasteiger partial charge in [0.1, 0.15) is 0 Å². The van der Waals surface area contributed by atoms with Crippen molar-refractivity contribution in [3.63, 3.8) is 0 Å². The summed E-state index contributed by atoms with van der Waals surface area (Å²) in [6, 6.07) is 7.23. The van der Waals surface area contributed by atoms with Gasteiger partial charge < -0.3 is 10.6 Å². The lowest BCUT2D eigenvalue weighted by atomic mass is 10.1. The van der Waals surface area contributed by atoms with Gasteiger partial charge in [0.05, 0.1) is 0 Å². The quantitative estimate of drug-likeness (QED) is 0.917. The van der Waals surface area contributed by atoms with Crippen molar-refractivity contribution in [3.05, 3.63) is 28.2 Å². The van der Waals surface area contributed by atoms with Crippen LogP contribution < -0.4 is 10.6 Å². The van der Waals surface area contributed by atoms with E-state index >= 15 is 0 Å². The van der Waals surface area contributed by atoms with Gasteiger partial charge in [0, 0.05) is 28.8 Å². The molecule has 3 heteroatoms. The zero-order valence-electron chi connectivity index (χ0n) is 9.91. The van der Waals surface area contributed by atoms with E-state index in [1.165, 1.54) is 24.1 Å². The first-order valence-electron chi connectivity index (χ1n) is 5.95. The van der Waals surface area contributed by atoms with Crippen LogP contribution in [0.25, 0.3) is 0 Å². The van der Waals surface area contributed by atoms with E-state index < -0.39 is 0 Å². The lowest BCUT2D eigenvalue weighted by Crippen LogP contribution is -2.27. The second-order valence-electron chi connectivity index (χ2n) is 4.51. The van der Waals surface area contributed by atoms with Crippen LogP contribution in [0.5, 0.6) is 0 Å². The fraction of sp³-hybridized carbons (Fsp3) is 0.538. The predicted molar refractivity (Wildman–Crippen MR) is 72.8 cm³/mol. The molecular formula is C13H19BrN2. The molecule has 2 rings (SSSR count). The van der Waals surface area contributed by atoms with E-state index in [9.17, 15) is 0 Å². The third-order valence-electron chi connectivity index (χ3n) is 3.12. The van der Waals surface area contributed by atoms with Crippen molar-refractivity contribution in [2.75, 3.05) is 11.4 Å². The highest BCUT2D eigenvalue weighted by atomic mass is 79.9. The molecule has 2 N–H and O–H groups in total. The van der Waals surface area contributed by atoms with Crippen molar-refractivity contribution in [2.24, 2.45) is 5.73 Å². The third-order valence-corrected chi connectivity index (χ3v) is 3.61. The SMILES string of the molecule is CCN(c1cc(Br)ccc1C(C)N)C1CC1. The summed E-state index contributed by atoms with van der Waals surface area (Å²) >= 11 is 3.54. The highest BCUT2D eigenvalue weighted by Crippen LogP contribution is 2.36. The summed E-state index contributed by atoms with van der Waals surface area (Å²) in [7, 11) is 0. The predicted octanol–water partition coefficient (Wildman–Crippen LogP) is 3.46. The van der Waals surface area contributed by atoms with E-state index in [0.29, 0.717) is 0 Å². The molecule has 1 saturated carbocycles. The molecule has 0 heterocycles. The van der Waals surface area contributed by atoms with Gasteiger partial charge in [0.15, 0.2) is 0 Å². The van der Waals surface area contributed by atoms with E-state index in [2.05, 4.69) is 46.0 Å². The van der Waals surface area contributed by atoms with Crippen LogP contribution in [0.2, 0.25) is 0 Å². The first kappa shape index (κ1) is 11.9. The molecule has 1 fully saturated rings. The summed E-state index contributed by atoms with van der Waals surface area (Å²) in [5.41, 5.74) is 8.58. The normalized spacial score (nSPS) is 17.2. The Morgan fingerprint density at radius 2 is 2.19 bits per heavy atom. The number of hydrogen-bond donors (Lipinski definition) is 1. The van der Waals surface area contributed by atoms with Crippen LogP contribution in [-0.4, -0.2) is 12.6 Å². The van der Waals surface area contributed by atoms with Crippen LogP contribution >= 0.6 is 15.9 Å². The van der Waals surface area contributed by atoms with Crippen LogP contribution in [0, 0.1) is 0 Å². The molecule has 1 aliphatic carbocycles. The number of anilines is 1. The fourth-order valence-corrected chi connectivity index (χ4v) is 2.51. The molecular weight excluding hydrogens is 264 g/mol. The first-order valence-corrected chi connectivity index (χ1v) is 6.74. The highest BCUT2D eigenvalue weighted by Gasteiger charge is 2.29. The first-order chi connectivity index (χ1) is 7.63. The smallest absolute Gasteiger partial charge is 0.0428 e. The molecule has 1 aromatic carbocycles. The van der Waals surface area contributed by atoms with Gasteiger partial charge in [0.2, 0.25) is 0 Å². The average Bonchev–Trinajstić information content (AvgIpc) is 3.03. The molecule has 0 saturated heterocycles. The van der Waals surface area contributed by atoms with Gasteiger partial charge >= 0.3 is 0 Å². The Morgan fingerprint density at radius 3 is 2.69 bits per heavy atom. The monoisotopic (exact) mass is 282 g/mol. The van der Waals surface area contributed by atoms with E-state index in [1.807, 2.05) is 6.92 Å². The number of halogens is 1. The Balaban J connectivity index is 2.38. The maximum Gasteiger partial charge on any atom is 0.0428 e. The van der Waals surface area contributed by atoms with E-state index in [-0.39, 0.29) is 6.04 Å². The minimum absolute atomic E-state index is 0.0934. The average molecular weight is 283 g/mol. The van der Waals surface area contributed by atoms with Crippen LogP contribution in [0.1, 0.15) is 38.3 Å². The van der Waals surface area contributed by atoms with Crippen LogP contribution in [0.3, 0.4) is 0 Å². The molecule has 1 aliphatic rings. The van der Waals surface area contributed by atoms with E-state index in [1.54, 1.807) is 0 Å². The lowest BCUT2D eigenvalue weighted by Gasteiger charge is -2.27. The van der Waals surface area contributed by atoms with Crippen molar-refractivity contribution < 1.29 is 0 Å². The van der Waals surface area contributed by atoms with Gasteiger partial charge in [-0.05, 0) is 44.4 Å². The minimum Gasteiger partial charge on any atom is -0.369 e. The Hall–Kier alpha value is -0.540. The zero-order valence-corrected chi connectivity index (χ0v) is 11.5. The number of nitrogens with two attached hydrogens (primary N) is 1. The molecule has 1 atom stereocenters. The van der Waals surface area contributed by atoms with Gasteiger partial charge in [-0.25, -0.2) is 0 Å². The van der Waals surface area contributed by atoms with Crippen molar-refractivity contribution in [1.29, 1.82) is 0 Å². The number of rotatable bonds is 4. The summed E-state index contributed by atoms with van der Waals surface area (Å²) in [5, 5.41) is 0. The summed E-state index contributed by atoms with van der Waals surface area (Å²) in [4.78, 5) is 2.48. The molecule has 0 radical (unpaired) electrons. The molecule has 1 unspecified atom stereocenters. The largest absolute Gasteiger partial charge is 0.369 e. The van der Waals surface area contributed by atoms with E-state index in [0.717, 1.165) is 17.1 Å². The number of nitrogens with zero attached hydrogens (tertiary/aromatic N) is 1. The van der Waals surface area contributed by atoms with Gasteiger partial charge in [-0.1, -0.05) is 22.0 Å². The minimum atomic E-state index is 0.0934. The summed E-state index contributed by atoms with van der Waals surface area (Å²) in [5.74, 6) is 0. The highest BCUT2D eigenvalue weighted by molar-refractivity contribution is 9.10. The summed E-state index contributed by atoms with van der Waals surface area (Å²) in [6.45, 7) is 5.32. The molecule has 88 valence electrons. The molecule has 16 heavy (non-hydrogen) atoms. The van der Waals surface area contributed by atoms with Gasteiger partial charge in [0.25, 0.3) is 0 Å². The van der Waals surface area contributed by atoms with Crippen molar-refractivity contribution in [2.45, 2.75) is 38.8 Å². The second kappa shape index (κ2) is 4.76. The molecule has 0 aromatic heterocycles. The topological polar surface area (TPSA) is 29.3 Å². The van der Waals surface area contributed by atoms with Gasteiger partial charge in [-0.2, -0.15) is 0 Å². The lowest BCUT2D eigenvalue weighted by molar-refractivity contribution is 0.775. The van der Waals surface area contributed by atoms with Crippen molar-refractivity contribution >= 4 is 21.6 Å². The molecule has 0 aliphatic heterocycles. The number of benzene rings is 1. The molecule has 1 aromatic rings. The summed E-state index contributed by atoms with van der Waals surface area (Å²) < 4.78 is 1.13. The maximum atomic E-state index is 6.04. The van der Waals surface area contributed by atoms with E-state index in [4.69, 9.17) is 5.73 Å². The maximum absolute atomic E-state index is 6.04. The van der Waals surface area contributed by atoms with Crippen LogP contribution in [0.4, 0.5) is 5.69 Å². The van der Waals surface area contributed by atoms with Gasteiger partial charge in [-0.3, -0.25) is 0 Å². The van der Waals surface area contributed by atoms with Crippen molar-refractivity contribution in [3.8, 4) is 0 Å². The standard InChI is InChI=1S/C13H19BrN2/c1-3-16(11-5-6-11)13-8-10(14)4-7-12(13)9(2)15/h4,7-9,11H,3,5-6,15H2,1-2H3. The molecule has 2 nitrogen and oxygen atoms in total. The second-order valence-corrected chi connectivity index (χ2v) is 5.42.